The van der Waals surface area contributed by atoms with Crippen LogP contribution in [0.2, 0.25) is 0 Å². The van der Waals surface area contributed by atoms with Gasteiger partial charge in [0.1, 0.15) is 12.4 Å². The molecule has 0 spiro atoms. The summed E-state index contributed by atoms with van der Waals surface area (Å²) >= 11 is 0. The van der Waals surface area contributed by atoms with Crippen molar-refractivity contribution < 1.29 is 24.2 Å². The minimum Gasteiger partial charge on any atom is -0.458 e. The molecule has 4 saturated carbocycles. The molecule has 0 aromatic heterocycles. The Hall–Kier alpha value is -1.23. The SMILES string of the molecule is CC(=O)OCC(=O)C1CCC2C3CCC4CC(O)CC[C@]4(C)C3C(=O)C[C@]12C. The zero-order chi connectivity index (χ0) is 20.3. The summed E-state index contributed by atoms with van der Waals surface area (Å²) < 4.78 is 4.97. The highest BCUT2D eigenvalue weighted by Crippen LogP contribution is 2.66. The minimum atomic E-state index is -0.432. The number of hydrogen-bond acceptors (Lipinski definition) is 5. The number of Topliss-reactive ketones (excluding diaryl/α,β-unsaturated/α-hetero) is 2. The van der Waals surface area contributed by atoms with E-state index in [0.717, 1.165) is 44.9 Å². The van der Waals surface area contributed by atoms with Gasteiger partial charge in [-0.3, -0.25) is 14.4 Å². The minimum absolute atomic E-state index is 0.000393. The van der Waals surface area contributed by atoms with Crippen molar-refractivity contribution in [2.24, 2.45) is 40.4 Å². The molecule has 0 aliphatic heterocycles. The lowest BCUT2D eigenvalue weighted by Crippen LogP contribution is -2.58. The standard InChI is InChI=1S/C23H34O5/c1-13(24)28-12-20(27)18-7-6-17-16-5-4-14-10-15(25)8-9-22(14,2)21(16)19(26)11-23(17,18)3/h14-18,21,25H,4-12H2,1-3H3/t14?,15?,16?,17?,18?,21?,22-,23-/m0/s1. The van der Waals surface area contributed by atoms with Gasteiger partial charge in [0, 0.05) is 25.2 Å². The predicted molar refractivity (Wildman–Crippen MR) is 103 cm³/mol. The Kier molecular flexibility index (Phi) is 4.96. The van der Waals surface area contributed by atoms with Crippen molar-refractivity contribution in [3.63, 3.8) is 0 Å². The Bertz CT molecular complexity index is 686. The maximum Gasteiger partial charge on any atom is 0.303 e. The van der Waals surface area contributed by atoms with Gasteiger partial charge >= 0.3 is 5.97 Å². The van der Waals surface area contributed by atoms with Crippen LogP contribution in [0.25, 0.3) is 0 Å². The molecule has 0 aromatic carbocycles. The molecular weight excluding hydrogens is 356 g/mol. The maximum atomic E-state index is 13.5. The number of ketones is 2. The summed E-state index contributed by atoms with van der Waals surface area (Å²) in [4.78, 5) is 37.4. The van der Waals surface area contributed by atoms with E-state index in [1.165, 1.54) is 6.92 Å². The van der Waals surface area contributed by atoms with Gasteiger partial charge in [0.25, 0.3) is 0 Å². The van der Waals surface area contributed by atoms with Crippen LogP contribution in [0, 0.1) is 40.4 Å². The number of aliphatic hydroxyl groups is 1. The Balaban J connectivity index is 1.58. The van der Waals surface area contributed by atoms with Crippen LogP contribution < -0.4 is 0 Å². The first kappa shape index (κ1) is 20.1. The van der Waals surface area contributed by atoms with Crippen LogP contribution in [0.15, 0.2) is 0 Å². The molecule has 156 valence electrons. The number of carbonyl (C=O) groups excluding carboxylic acids is 3. The van der Waals surface area contributed by atoms with E-state index in [-0.39, 0.29) is 41.2 Å². The van der Waals surface area contributed by atoms with E-state index < -0.39 is 5.97 Å². The molecular formula is C23H34O5. The summed E-state index contributed by atoms with van der Waals surface area (Å²) in [5.41, 5.74) is -0.298. The van der Waals surface area contributed by atoms with E-state index in [9.17, 15) is 19.5 Å². The smallest absolute Gasteiger partial charge is 0.303 e. The molecule has 4 aliphatic carbocycles. The summed E-state index contributed by atoms with van der Waals surface area (Å²) in [6, 6.07) is 0. The van der Waals surface area contributed by atoms with Gasteiger partial charge in [-0.1, -0.05) is 13.8 Å². The van der Waals surface area contributed by atoms with Gasteiger partial charge in [0.2, 0.25) is 0 Å². The first-order valence-corrected chi connectivity index (χ1v) is 11.0. The van der Waals surface area contributed by atoms with E-state index in [2.05, 4.69) is 13.8 Å². The maximum absolute atomic E-state index is 13.5. The Morgan fingerprint density at radius 1 is 1.11 bits per heavy atom. The molecule has 0 bridgehead atoms. The molecule has 5 nitrogen and oxygen atoms in total. The third kappa shape index (κ3) is 2.96. The van der Waals surface area contributed by atoms with Crippen molar-refractivity contribution in [2.45, 2.75) is 78.2 Å². The number of hydrogen-bond donors (Lipinski definition) is 1. The van der Waals surface area contributed by atoms with E-state index >= 15 is 0 Å². The molecule has 4 rings (SSSR count). The summed E-state index contributed by atoms with van der Waals surface area (Å²) in [6.07, 6.45) is 6.74. The third-order valence-electron chi connectivity index (χ3n) is 9.13. The van der Waals surface area contributed by atoms with Crippen molar-refractivity contribution in [3.05, 3.63) is 0 Å². The van der Waals surface area contributed by atoms with Gasteiger partial charge in [-0.25, -0.2) is 0 Å². The molecule has 0 radical (unpaired) electrons. The summed E-state index contributed by atoms with van der Waals surface area (Å²) in [6.45, 7) is 5.58. The van der Waals surface area contributed by atoms with Crippen LogP contribution in [0.3, 0.4) is 0 Å². The number of ether oxygens (including phenoxy) is 1. The van der Waals surface area contributed by atoms with Crippen molar-refractivity contribution >= 4 is 17.5 Å². The predicted octanol–water partition coefficient (Wildman–Crippen LogP) is 3.32. The molecule has 4 fully saturated rings. The zero-order valence-electron chi connectivity index (χ0n) is 17.4. The van der Waals surface area contributed by atoms with Gasteiger partial charge in [-0.2, -0.15) is 0 Å². The molecule has 1 N–H and O–H groups in total. The number of rotatable bonds is 3. The normalized spacial score (nSPS) is 47.6. The van der Waals surface area contributed by atoms with Crippen molar-refractivity contribution in [3.8, 4) is 0 Å². The molecule has 4 aliphatic rings. The molecule has 0 amide bonds. The van der Waals surface area contributed by atoms with Crippen molar-refractivity contribution in [1.29, 1.82) is 0 Å². The average molecular weight is 391 g/mol. The first-order chi connectivity index (χ1) is 13.2. The number of aliphatic hydroxyl groups excluding tert-OH is 1. The number of carbonyl (C=O) groups is 3. The van der Waals surface area contributed by atoms with Crippen LogP contribution in [0.1, 0.15) is 72.1 Å². The molecule has 28 heavy (non-hydrogen) atoms. The second-order valence-corrected chi connectivity index (χ2v) is 10.5. The second kappa shape index (κ2) is 6.93. The summed E-state index contributed by atoms with van der Waals surface area (Å²) in [7, 11) is 0. The Labute approximate surface area is 167 Å². The fourth-order valence-corrected chi connectivity index (χ4v) is 7.85. The van der Waals surface area contributed by atoms with Crippen LogP contribution >= 0.6 is 0 Å². The monoisotopic (exact) mass is 390 g/mol. The van der Waals surface area contributed by atoms with Gasteiger partial charge < -0.3 is 9.84 Å². The second-order valence-electron chi connectivity index (χ2n) is 10.5. The van der Waals surface area contributed by atoms with E-state index in [0.29, 0.717) is 30.0 Å². The Morgan fingerprint density at radius 3 is 2.57 bits per heavy atom. The fourth-order valence-electron chi connectivity index (χ4n) is 7.85. The summed E-state index contributed by atoms with van der Waals surface area (Å²) in [5.74, 6) is 0.971. The largest absolute Gasteiger partial charge is 0.458 e. The molecule has 0 saturated heterocycles. The molecule has 6 unspecified atom stereocenters. The first-order valence-electron chi connectivity index (χ1n) is 11.0. The highest BCUT2D eigenvalue weighted by Gasteiger charge is 2.64. The lowest BCUT2D eigenvalue weighted by atomic mass is 9.44. The summed E-state index contributed by atoms with van der Waals surface area (Å²) in [5, 5.41) is 10.1. The van der Waals surface area contributed by atoms with Crippen molar-refractivity contribution in [2.75, 3.05) is 6.61 Å². The molecule has 5 heteroatoms. The highest BCUT2D eigenvalue weighted by atomic mass is 16.5. The lowest BCUT2D eigenvalue weighted by molar-refractivity contribution is -0.163. The van der Waals surface area contributed by atoms with E-state index in [1.54, 1.807) is 0 Å². The third-order valence-corrected chi connectivity index (χ3v) is 9.13. The van der Waals surface area contributed by atoms with Gasteiger partial charge in [0.05, 0.1) is 6.10 Å². The van der Waals surface area contributed by atoms with Crippen LogP contribution in [-0.2, 0) is 19.1 Å². The highest BCUT2D eigenvalue weighted by molar-refractivity contribution is 5.89. The molecule has 0 heterocycles. The average Bonchev–Trinajstić information content (AvgIpc) is 2.96. The zero-order valence-corrected chi connectivity index (χ0v) is 17.4. The number of esters is 1. The van der Waals surface area contributed by atoms with Gasteiger partial charge in [-0.15, -0.1) is 0 Å². The van der Waals surface area contributed by atoms with Gasteiger partial charge in [-0.05, 0) is 73.5 Å². The molecule has 0 aromatic rings. The Morgan fingerprint density at radius 2 is 1.86 bits per heavy atom. The molecule has 8 atom stereocenters. The number of fused-ring (bicyclic) bond motifs is 5. The quantitative estimate of drug-likeness (QED) is 0.748. The van der Waals surface area contributed by atoms with Crippen LogP contribution in [0.5, 0.6) is 0 Å². The van der Waals surface area contributed by atoms with Crippen LogP contribution in [0.4, 0.5) is 0 Å². The topological polar surface area (TPSA) is 80.7 Å². The van der Waals surface area contributed by atoms with Gasteiger partial charge in [0.15, 0.2) is 5.78 Å². The van der Waals surface area contributed by atoms with E-state index in [4.69, 9.17) is 4.74 Å². The van der Waals surface area contributed by atoms with Crippen LogP contribution in [-0.4, -0.2) is 35.4 Å². The fraction of sp³-hybridized carbons (Fsp3) is 0.870. The van der Waals surface area contributed by atoms with Crippen molar-refractivity contribution in [1.82, 2.24) is 0 Å². The van der Waals surface area contributed by atoms with E-state index in [1.807, 2.05) is 0 Å². The lowest BCUT2D eigenvalue weighted by Gasteiger charge is -2.59.